The molecule has 18 heavy (non-hydrogen) atoms. The van der Waals surface area contributed by atoms with Gasteiger partial charge < -0.3 is 5.11 Å². The zero-order valence-corrected chi connectivity index (χ0v) is 12.6. The highest BCUT2D eigenvalue weighted by molar-refractivity contribution is 4.93. The lowest BCUT2D eigenvalue weighted by atomic mass is 9.75. The summed E-state index contributed by atoms with van der Waals surface area (Å²) in [6.07, 6.45) is 7.58. The monoisotopic (exact) mass is 253 g/mol. The van der Waals surface area contributed by atoms with Crippen molar-refractivity contribution in [2.24, 2.45) is 17.8 Å². The summed E-state index contributed by atoms with van der Waals surface area (Å²) >= 11 is 0. The van der Waals surface area contributed by atoms with E-state index in [-0.39, 0.29) is 6.10 Å². The Morgan fingerprint density at radius 2 is 1.61 bits per heavy atom. The van der Waals surface area contributed by atoms with E-state index in [1.165, 1.54) is 32.1 Å². The van der Waals surface area contributed by atoms with Crippen molar-refractivity contribution in [3.63, 3.8) is 0 Å². The Kier molecular flexibility index (Phi) is 4.71. The minimum absolute atomic E-state index is 0.122. The van der Waals surface area contributed by atoms with E-state index < -0.39 is 0 Å². The molecule has 6 atom stereocenters. The van der Waals surface area contributed by atoms with E-state index in [4.69, 9.17) is 0 Å². The van der Waals surface area contributed by atoms with E-state index >= 15 is 0 Å². The molecular weight excluding hydrogens is 222 g/mol. The van der Waals surface area contributed by atoms with Crippen LogP contribution in [0.4, 0.5) is 0 Å². The van der Waals surface area contributed by atoms with Crippen molar-refractivity contribution in [3.8, 4) is 0 Å². The molecule has 2 heteroatoms. The summed E-state index contributed by atoms with van der Waals surface area (Å²) in [5, 5.41) is 10.5. The normalized spacial score (nSPS) is 46.3. The average Bonchev–Trinajstić information content (AvgIpc) is 2.27. The van der Waals surface area contributed by atoms with Gasteiger partial charge in [0, 0.05) is 12.1 Å². The van der Waals surface area contributed by atoms with Gasteiger partial charge in [-0.25, -0.2) is 0 Å². The lowest BCUT2D eigenvalue weighted by molar-refractivity contribution is -0.0447. The number of rotatable bonds is 2. The number of hydrogen-bond donors (Lipinski definition) is 1. The quantitative estimate of drug-likeness (QED) is 0.816. The SMILES string of the molecule is CC1CC(C)C(N(C)C2CCCCC2C)C(O)C1. The summed E-state index contributed by atoms with van der Waals surface area (Å²) in [6, 6.07) is 1.07. The Bertz CT molecular complexity index is 256. The van der Waals surface area contributed by atoms with Crippen molar-refractivity contribution in [3.05, 3.63) is 0 Å². The van der Waals surface area contributed by atoms with Crippen molar-refractivity contribution < 1.29 is 5.11 Å². The zero-order chi connectivity index (χ0) is 13.3. The van der Waals surface area contributed by atoms with Crippen LogP contribution >= 0.6 is 0 Å². The number of aliphatic hydroxyl groups excluding tert-OH is 1. The molecule has 0 aliphatic heterocycles. The maximum Gasteiger partial charge on any atom is 0.0700 e. The van der Waals surface area contributed by atoms with Gasteiger partial charge in [-0.3, -0.25) is 4.90 Å². The first-order valence-corrected chi connectivity index (χ1v) is 7.90. The lowest BCUT2D eigenvalue weighted by Gasteiger charge is -2.47. The molecule has 0 aromatic rings. The van der Waals surface area contributed by atoms with E-state index in [0.717, 1.165) is 12.3 Å². The minimum atomic E-state index is -0.122. The Balaban J connectivity index is 2.04. The van der Waals surface area contributed by atoms with Crippen LogP contribution in [0.15, 0.2) is 0 Å². The van der Waals surface area contributed by atoms with Crippen molar-refractivity contribution in [1.82, 2.24) is 4.90 Å². The number of aliphatic hydroxyl groups is 1. The van der Waals surface area contributed by atoms with Crippen molar-refractivity contribution in [1.29, 1.82) is 0 Å². The van der Waals surface area contributed by atoms with E-state index in [0.29, 0.717) is 23.9 Å². The molecule has 2 rings (SSSR count). The molecule has 2 saturated carbocycles. The van der Waals surface area contributed by atoms with E-state index in [2.05, 4.69) is 32.7 Å². The molecule has 2 fully saturated rings. The summed E-state index contributed by atoms with van der Waals surface area (Å²) in [4.78, 5) is 2.53. The second kappa shape index (κ2) is 5.92. The van der Waals surface area contributed by atoms with Crippen LogP contribution in [0, 0.1) is 17.8 Å². The van der Waals surface area contributed by atoms with E-state index in [1.807, 2.05) is 0 Å². The highest BCUT2D eigenvalue weighted by atomic mass is 16.3. The van der Waals surface area contributed by atoms with E-state index in [9.17, 15) is 5.11 Å². The molecule has 0 radical (unpaired) electrons. The summed E-state index contributed by atoms with van der Waals surface area (Å²) in [5.74, 6) is 2.11. The number of nitrogens with zero attached hydrogens (tertiary/aromatic N) is 1. The predicted octanol–water partition coefficient (Wildman–Crippen LogP) is 3.29. The van der Waals surface area contributed by atoms with Gasteiger partial charge in [-0.2, -0.15) is 0 Å². The van der Waals surface area contributed by atoms with Crippen LogP contribution in [0.2, 0.25) is 0 Å². The summed E-state index contributed by atoms with van der Waals surface area (Å²) in [6.45, 7) is 7.00. The zero-order valence-electron chi connectivity index (χ0n) is 12.6. The minimum Gasteiger partial charge on any atom is -0.391 e. The fourth-order valence-corrected chi connectivity index (χ4v) is 4.60. The molecule has 0 aromatic carbocycles. The van der Waals surface area contributed by atoms with Gasteiger partial charge in [0.05, 0.1) is 6.10 Å². The van der Waals surface area contributed by atoms with Crippen LogP contribution in [-0.4, -0.2) is 35.2 Å². The molecule has 2 aliphatic carbocycles. The number of hydrogen-bond acceptors (Lipinski definition) is 2. The molecule has 0 saturated heterocycles. The third-order valence-electron chi connectivity index (χ3n) is 5.45. The van der Waals surface area contributed by atoms with E-state index in [1.54, 1.807) is 0 Å². The van der Waals surface area contributed by atoms with Crippen LogP contribution in [0.3, 0.4) is 0 Å². The standard InChI is InChI=1S/C16H31NO/c1-11-9-13(3)16(15(18)10-11)17(4)14-8-6-5-7-12(14)2/h11-16,18H,5-10H2,1-4H3. The van der Waals surface area contributed by atoms with Gasteiger partial charge in [0.1, 0.15) is 0 Å². The lowest BCUT2D eigenvalue weighted by Crippen LogP contribution is -2.55. The Morgan fingerprint density at radius 3 is 2.22 bits per heavy atom. The molecular formula is C16H31NO. The first-order chi connectivity index (χ1) is 8.50. The summed E-state index contributed by atoms with van der Waals surface area (Å²) in [7, 11) is 2.26. The van der Waals surface area contributed by atoms with Gasteiger partial charge in [0.15, 0.2) is 0 Å². The van der Waals surface area contributed by atoms with Crippen LogP contribution in [0.25, 0.3) is 0 Å². The Morgan fingerprint density at radius 1 is 0.944 bits per heavy atom. The van der Waals surface area contributed by atoms with Gasteiger partial charge in [0.25, 0.3) is 0 Å². The van der Waals surface area contributed by atoms with Gasteiger partial charge in [-0.15, -0.1) is 0 Å². The van der Waals surface area contributed by atoms with Crippen molar-refractivity contribution in [2.75, 3.05) is 7.05 Å². The van der Waals surface area contributed by atoms with Gasteiger partial charge in [-0.1, -0.05) is 33.6 Å². The molecule has 1 N–H and O–H groups in total. The number of likely N-dealkylation sites (N-methyl/N-ethyl adjacent to an activating group) is 1. The van der Waals surface area contributed by atoms with Crippen LogP contribution < -0.4 is 0 Å². The smallest absolute Gasteiger partial charge is 0.0700 e. The van der Waals surface area contributed by atoms with Crippen LogP contribution in [-0.2, 0) is 0 Å². The largest absolute Gasteiger partial charge is 0.391 e. The second-order valence-corrected chi connectivity index (χ2v) is 7.11. The molecule has 0 bridgehead atoms. The van der Waals surface area contributed by atoms with Crippen molar-refractivity contribution >= 4 is 0 Å². The Hall–Kier alpha value is -0.0800. The van der Waals surface area contributed by atoms with Crippen LogP contribution in [0.5, 0.6) is 0 Å². The third-order valence-corrected chi connectivity index (χ3v) is 5.45. The first kappa shape index (κ1) is 14.3. The Labute approximate surface area is 113 Å². The predicted molar refractivity (Wildman–Crippen MR) is 76.5 cm³/mol. The molecule has 0 amide bonds. The summed E-state index contributed by atoms with van der Waals surface area (Å²) < 4.78 is 0. The highest BCUT2D eigenvalue weighted by Gasteiger charge is 2.39. The molecule has 6 unspecified atom stereocenters. The second-order valence-electron chi connectivity index (χ2n) is 7.11. The van der Waals surface area contributed by atoms with Gasteiger partial charge in [-0.05, 0) is 50.5 Å². The van der Waals surface area contributed by atoms with Gasteiger partial charge >= 0.3 is 0 Å². The highest BCUT2D eigenvalue weighted by Crippen LogP contribution is 2.36. The van der Waals surface area contributed by atoms with Gasteiger partial charge in [0.2, 0.25) is 0 Å². The topological polar surface area (TPSA) is 23.5 Å². The molecule has 0 spiro atoms. The first-order valence-electron chi connectivity index (χ1n) is 7.90. The average molecular weight is 253 g/mol. The molecule has 0 aromatic heterocycles. The molecule has 2 aliphatic rings. The fourth-order valence-electron chi connectivity index (χ4n) is 4.60. The summed E-state index contributed by atoms with van der Waals surface area (Å²) in [5.41, 5.74) is 0. The molecule has 2 nitrogen and oxygen atoms in total. The molecule has 0 heterocycles. The third kappa shape index (κ3) is 2.91. The fraction of sp³-hybridized carbons (Fsp3) is 1.00. The van der Waals surface area contributed by atoms with Crippen LogP contribution in [0.1, 0.15) is 59.3 Å². The maximum absolute atomic E-state index is 10.5. The maximum atomic E-state index is 10.5. The van der Waals surface area contributed by atoms with Crippen molar-refractivity contribution in [2.45, 2.75) is 77.5 Å². The molecule has 106 valence electrons.